The summed E-state index contributed by atoms with van der Waals surface area (Å²) in [5, 5.41) is 3.30. The first-order chi connectivity index (χ1) is 9.84. The Hall–Kier alpha value is -2.21. The van der Waals surface area contributed by atoms with Gasteiger partial charge >= 0.3 is 0 Å². The van der Waals surface area contributed by atoms with Crippen molar-refractivity contribution in [3.63, 3.8) is 0 Å². The third-order valence-electron chi connectivity index (χ3n) is 3.39. The fourth-order valence-corrected chi connectivity index (χ4v) is 2.32. The number of carbonyl (C=O) groups is 1. The maximum absolute atomic E-state index is 12.5. The second-order valence-corrected chi connectivity index (χ2v) is 4.77. The molecular formula is C14H17N5O. The van der Waals surface area contributed by atoms with E-state index < -0.39 is 0 Å². The summed E-state index contributed by atoms with van der Waals surface area (Å²) in [6, 6.07) is 3.57. The maximum atomic E-state index is 12.5. The molecule has 0 aromatic carbocycles. The van der Waals surface area contributed by atoms with Crippen LogP contribution in [0.15, 0.2) is 37.1 Å². The Labute approximate surface area is 117 Å². The van der Waals surface area contributed by atoms with Crippen molar-refractivity contribution in [2.45, 2.75) is 6.42 Å². The van der Waals surface area contributed by atoms with Crippen LogP contribution in [0.5, 0.6) is 0 Å². The Morgan fingerprint density at radius 3 is 3.05 bits per heavy atom. The van der Waals surface area contributed by atoms with Crippen molar-refractivity contribution in [2.75, 3.05) is 26.2 Å². The van der Waals surface area contributed by atoms with E-state index in [1.54, 1.807) is 29.4 Å². The van der Waals surface area contributed by atoms with E-state index in [0.717, 1.165) is 32.6 Å². The smallest absolute Gasteiger partial charge is 0.254 e. The predicted octanol–water partition coefficient (Wildman–Crippen LogP) is 0.703. The summed E-state index contributed by atoms with van der Waals surface area (Å²) in [5.74, 6) is 0.777. The Morgan fingerprint density at radius 2 is 2.20 bits per heavy atom. The lowest BCUT2D eigenvalue weighted by Crippen LogP contribution is -2.34. The minimum atomic E-state index is 0.0671. The number of pyridine rings is 1. The first-order valence-electron chi connectivity index (χ1n) is 6.79. The highest BCUT2D eigenvalue weighted by Gasteiger charge is 2.17. The molecule has 0 spiro atoms. The summed E-state index contributed by atoms with van der Waals surface area (Å²) in [7, 11) is 0. The molecule has 0 aliphatic carbocycles. The minimum absolute atomic E-state index is 0.0671. The number of imidazole rings is 1. The molecule has 1 N–H and O–H groups in total. The molecular weight excluding hydrogens is 254 g/mol. The number of rotatable bonds is 2. The molecule has 104 valence electrons. The van der Waals surface area contributed by atoms with Crippen molar-refractivity contribution >= 4 is 5.91 Å². The second-order valence-electron chi connectivity index (χ2n) is 4.77. The number of carbonyl (C=O) groups excluding carboxylic acids is 1. The van der Waals surface area contributed by atoms with Gasteiger partial charge < -0.3 is 10.2 Å². The van der Waals surface area contributed by atoms with Crippen LogP contribution in [0, 0.1) is 0 Å². The Bertz CT molecular complexity index is 573. The van der Waals surface area contributed by atoms with Gasteiger partial charge in [-0.15, -0.1) is 0 Å². The van der Waals surface area contributed by atoms with E-state index in [9.17, 15) is 4.79 Å². The molecule has 1 aliphatic rings. The van der Waals surface area contributed by atoms with Crippen molar-refractivity contribution in [1.29, 1.82) is 0 Å². The van der Waals surface area contributed by atoms with Crippen LogP contribution in [0.4, 0.5) is 0 Å². The zero-order valence-corrected chi connectivity index (χ0v) is 11.2. The zero-order chi connectivity index (χ0) is 13.8. The SMILES string of the molecule is O=C(c1ccnc(-n2ccnc2)c1)N1CCCNCC1. The average Bonchev–Trinajstić information content (AvgIpc) is 2.89. The van der Waals surface area contributed by atoms with Gasteiger partial charge in [-0.1, -0.05) is 0 Å². The van der Waals surface area contributed by atoms with Gasteiger partial charge in [0.2, 0.25) is 0 Å². The Kier molecular flexibility index (Phi) is 3.73. The molecule has 3 rings (SSSR count). The number of aromatic nitrogens is 3. The highest BCUT2D eigenvalue weighted by atomic mass is 16.2. The fourth-order valence-electron chi connectivity index (χ4n) is 2.32. The quantitative estimate of drug-likeness (QED) is 0.873. The summed E-state index contributed by atoms with van der Waals surface area (Å²) in [4.78, 5) is 22.7. The standard InChI is InChI=1S/C14H17N5O/c20-14(18-7-1-3-15-5-8-18)12-2-4-17-13(10-12)19-9-6-16-11-19/h2,4,6,9-11,15H,1,3,5,7-8H2. The van der Waals surface area contributed by atoms with E-state index in [1.807, 2.05) is 17.2 Å². The lowest BCUT2D eigenvalue weighted by atomic mass is 10.2. The van der Waals surface area contributed by atoms with Crippen LogP contribution in [-0.2, 0) is 0 Å². The van der Waals surface area contributed by atoms with Gasteiger partial charge in [-0.05, 0) is 25.1 Å². The molecule has 1 amide bonds. The van der Waals surface area contributed by atoms with Gasteiger partial charge in [0, 0.05) is 43.8 Å². The number of hydrogen-bond acceptors (Lipinski definition) is 4. The third-order valence-corrected chi connectivity index (χ3v) is 3.39. The van der Waals surface area contributed by atoms with Crippen LogP contribution in [0.3, 0.4) is 0 Å². The van der Waals surface area contributed by atoms with Gasteiger partial charge in [-0.2, -0.15) is 0 Å². The van der Waals surface area contributed by atoms with Gasteiger partial charge in [-0.3, -0.25) is 9.36 Å². The average molecular weight is 271 g/mol. The Morgan fingerprint density at radius 1 is 1.25 bits per heavy atom. The highest BCUT2D eigenvalue weighted by Crippen LogP contribution is 2.10. The molecule has 2 aromatic heterocycles. The van der Waals surface area contributed by atoms with E-state index in [0.29, 0.717) is 11.4 Å². The number of nitrogens with one attached hydrogen (secondary N) is 1. The van der Waals surface area contributed by atoms with Crippen LogP contribution in [0.1, 0.15) is 16.8 Å². The molecule has 6 heteroatoms. The van der Waals surface area contributed by atoms with Crippen molar-refractivity contribution in [3.8, 4) is 5.82 Å². The van der Waals surface area contributed by atoms with E-state index in [4.69, 9.17) is 0 Å². The number of hydrogen-bond donors (Lipinski definition) is 1. The molecule has 0 unspecified atom stereocenters. The summed E-state index contributed by atoms with van der Waals surface area (Å²) in [6.45, 7) is 3.38. The normalized spacial score (nSPS) is 15.9. The van der Waals surface area contributed by atoms with Crippen LogP contribution in [-0.4, -0.2) is 51.5 Å². The van der Waals surface area contributed by atoms with Gasteiger partial charge in [0.05, 0.1) is 0 Å². The lowest BCUT2D eigenvalue weighted by Gasteiger charge is -2.20. The van der Waals surface area contributed by atoms with Crippen LogP contribution < -0.4 is 5.32 Å². The van der Waals surface area contributed by atoms with Crippen LogP contribution >= 0.6 is 0 Å². The van der Waals surface area contributed by atoms with Gasteiger partial charge in [0.1, 0.15) is 12.1 Å². The molecule has 0 atom stereocenters. The van der Waals surface area contributed by atoms with Crippen molar-refractivity contribution < 1.29 is 4.79 Å². The molecule has 3 heterocycles. The minimum Gasteiger partial charge on any atom is -0.337 e. The summed E-state index contributed by atoms with van der Waals surface area (Å²) in [6.07, 6.45) is 7.83. The molecule has 20 heavy (non-hydrogen) atoms. The zero-order valence-electron chi connectivity index (χ0n) is 11.2. The van der Waals surface area contributed by atoms with E-state index in [1.165, 1.54) is 0 Å². The molecule has 2 aromatic rings. The third kappa shape index (κ3) is 2.70. The van der Waals surface area contributed by atoms with Gasteiger partial charge in [-0.25, -0.2) is 9.97 Å². The molecule has 0 bridgehead atoms. The largest absolute Gasteiger partial charge is 0.337 e. The maximum Gasteiger partial charge on any atom is 0.254 e. The first-order valence-corrected chi connectivity index (χ1v) is 6.79. The van der Waals surface area contributed by atoms with Crippen molar-refractivity contribution in [2.24, 2.45) is 0 Å². The number of amides is 1. The van der Waals surface area contributed by atoms with Crippen LogP contribution in [0.2, 0.25) is 0 Å². The van der Waals surface area contributed by atoms with Gasteiger partial charge in [0.15, 0.2) is 0 Å². The molecule has 1 aliphatic heterocycles. The molecule has 6 nitrogen and oxygen atoms in total. The monoisotopic (exact) mass is 271 g/mol. The first kappa shape index (κ1) is 12.8. The highest BCUT2D eigenvalue weighted by molar-refractivity contribution is 5.94. The summed E-state index contributed by atoms with van der Waals surface area (Å²) < 4.78 is 1.79. The van der Waals surface area contributed by atoms with Crippen LogP contribution in [0.25, 0.3) is 5.82 Å². The molecule has 1 saturated heterocycles. The summed E-state index contributed by atoms with van der Waals surface area (Å²) >= 11 is 0. The second kappa shape index (κ2) is 5.83. The lowest BCUT2D eigenvalue weighted by molar-refractivity contribution is 0.0766. The van der Waals surface area contributed by atoms with Crippen molar-refractivity contribution in [3.05, 3.63) is 42.6 Å². The van der Waals surface area contributed by atoms with E-state index in [-0.39, 0.29) is 5.91 Å². The molecule has 0 radical (unpaired) electrons. The van der Waals surface area contributed by atoms with Crippen molar-refractivity contribution in [1.82, 2.24) is 24.8 Å². The summed E-state index contributed by atoms with van der Waals surface area (Å²) in [5.41, 5.74) is 0.672. The topological polar surface area (TPSA) is 63.1 Å². The van der Waals surface area contributed by atoms with E-state index >= 15 is 0 Å². The van der Waals surface area contributed by atoms with Gasteiger partial charge in [0.25, 0.3) is 5.91 Å². The predicted molar refractivity (Wildman–Crippen MR) is 74.7 cm³/mol. The Balaban J connectivity index is 1.82. The number of nitrogens with zero attached hydrogens (tertiary/aromatic N) is 4. The molecule has 1 fully saturated rings. The van der Waals surface area contributed by atoms with E-state index in [2.05, 4.69) is 15.3 Å². The fraction of sp³-hybridized carbons (Fsp3) is 0.357. The molecule has 0 saturated carbocycles.